The molecule has 1 aromatic rings. The van der Waals surface area contributed by atoms with E-state index in [1.54, 1.807) is 20.4 Å². The standard InChI is InChI=1S/C20H26N4O4/c1-22-7-2-3-15(22)18(25)21-14-6-8-23-17(14)20(27)24-10-13(9-16(24)19(23)26)28-11-12-4-5-12/h2-3,7,12-14,16-17H,4-6,8-11H2,1H3,(H,21,25)/t13-,14-,16+,17+/m1/s1. The highest BCUT2D eigenvalue weighted by atomic mass is 16.5. The summed E-state index contributed by atoms with van der Waals surface area (Å²) in [5.74, 6) is 0.382. The second-order valence-electron chi connectivity index (χ2n) is 8.49. The average Bonchev–Trinajstić information content (AvgIpc) is 3.05. The van der Waals surface area contributed by atoms with Crippen molar-refractivity contribution >= 4 is 17.7 Å². The van der Waals surface area contributed by atoms with Crippen LogP contribution >= 0.6 is 0 Å². The van der Waals surface area contributed by atoms with Gasteiger partial charge in [0.15, 0.2) is 0 Å². The van der Waals surface area contributed by atoms with Crippen LogP contribution in [0, 0.1) is 5.92 Å². The van der Waals surface area contributed by atoms with Crippen LogP contribution in [-0.4, -0.2) is 76.0 Å². The quantitative estimate of drug-likeness (QED) is 0.780. The molecule has 0 spiro atoms. The Morgan fingerprint density at radius 2 is 2.04 bits per heavy atom. The zero-order valence-electron chi connectivity index (χ0n) is 16.0. The maximum atomic E-state index is 13.2. The summed E-state index contributed by atoms with van der Waals surface area (Å²) in [6, 6.07) is 2.19. The largest absolute Gasteiger partial charge is 0.376 e. The molecule has 150 valence electrons. The van der Waals surface area contributed by atoms with E-state index in [1.165, 1.54) is 12.8 Å². The zero-order valence-corrected chi connectivity index (χ0v) is 16.0. The van der Waals surface area contributed by atoms with Crippen LogP contribution in [0.5, 0.6) is 0 Å². The van der Waals surface area contributed by atoms with Crippen molar-refractivity contribution in [2.75, 3.05) is 19.7 Å². The SMILES string of the molecule is Cn1cccc1C(=O)N[C@@H]1CCN2C(=O)[C@@H]3C[C@@H](OCC4CC4)CN3C(=O)[C@H]12. The van der Waals surface area contributed by atoms with E-state index in [-0.39, 0.29) is 29.9 Å². The van der Waals surface area contributed by atoms with Crippen molar-refractivity contribution in [3.05, 3.63) is 24.0 Å². The van der Waals surface area contributed by atoms with Crippen molar-refractivity contribution < 1.29 is 19.1 Å². The number of hydrogen-bond acceptors (Lipinski definition) is 4. The van der Waals surface area contributed by atoms with E-state index in [0.717, 1.165) is 6.61 Å². The Hall–Kier alpha value is -2.35. The van der Waals surface area contributed by atoms with Crippen molar-refractivity contribution in [3.63, 3.8) is 0 Å². The highest BCUT2D eigenvalue weighted by Gasteiger charge is 2.55. The Labute approximate surface area is 163 Å². The molecule has 4 atom stereocenters. The lowest BCUT2D eigenvalue weighted by Gasteiger charge is -2.40. The van der Waals surface area contributed by atoms with Gasteiger partial charge >= 0.3 is 0 Å². The summed E-state index contributed by atoms with van der Waals surface area (Å²) >= 11 is 0. The van der Waals surface area contributed by atoms with Crippen LogP contribution in [0.25, 0.3) is 0 Å². The van der Waals surface area contributed by atoms with Crippen molar-refractivity contribution in [1.29, 1.82) is 0 Å². The molecule has 3 amide bonds. The fraction of sp³-hybridized carbons (Fsp3) is 0.650. The van der Waals surface area contributed by atoms with E-state index < -0.39 is 12.1 Å². The first-order valence-electron chi connectivity index (χ1n) is 10.2. The molecular formula is C20H26N4O4. The summed E-state index contributed by atoms with van der Waals surface area (Å²) in [6.45, 7) is 1.71. The zero-order chi connectivity index (χ0) is 19.4. The number of rotatable bonds is 5. The fourth-order valence-corrected chi connectivity index (χ4v) is 4.75. The second-order valence-corrected chi connectivity index (χ2v) is 8.49. The van der Waals surface area contributed by atoms with Gasteiger partial charge in [0.05, 0.1) is 12.1 Å². The topological polar surface area (TPSA) is 83.9 Å². The predicted molar refractivity (Wildman–Crippen MR) is 99.4 cm³/mol. The van der Waals surface area contributed by atoms with Gasteiger partial charge in [0, 0.05) is 39.4 Å². The molecule has 1 aromatic heterocycles. The molecule has 8 nitrogen and oxygen atoms in total. The molecule has 3 saturated heterocycles. The van der Waals surface area contributed by atoms with Gasteiger partial charge in [0.1, 0.15) is 17.8 Å². The van der Waals surface area contributed by atoms with Crippen molar-refractivity contribution in [2.24, 2.45) is 13.0 Å². The Balaban J connectivity index is 1.29. The number of carbonyl (C=O) groups excluding carboxylic acids is 3. The van der Waals surface area contributed by atoms with Gasteiger partial charge in [-0.3, -0.25) is 14.4 Å². The summed E-state index contributed by atoms with van der Waals surface area (Å²) in [4.78, 5) is 42.2. The summed E-state index contributed by atoms with van der Waals surface area (Å²) < 4.78 is 7.70. The summed E-state index contributed by atoms with van der Waals surface area (Å²) in [5.41, 5.74) is 0.542. The highest BCUT2D eigenvalue weighted by molar-refractivity contribution is 5.99. The van der Waals surface area contributed by atoms with Gasteiger partial charge in [0.2, 0.25) is 11.8 Å². The molecule has 1 aliphatic carbocycles. The van der Waals surface area contributed by atoms with Crippen LogP contribution in [0.4, 0.5) is 0 Å². The minimum Gasteiger partial charge on any atom is -0.376 e. The third-order valence-electron chi connectivity index (χ3n) is 6.52. The number of piperazine rings is 1. The summed E-state index contributed by atoms with van der Waals surface area (Å²) in [5, 5.41) is 2.98. The number of nitrogens with one attached hydrogen (secondary N) is 1. The monoisotopic (exact) mass is 386 g/mol. The smallest absolute Gasteiger partial charge is 0.268 e. The van der Waals surface area contributed by atoms with E-state index in [0.29, 0.717) is 37.5 Å². The number of hydrogen-bond donors (Lipinski definition) is 1. The van der Waals surface area contributed by atoms with Gasteiger partial charge in [-0.2, -0.15) is 0 Å². The lowest BCUT2D eigenvalue weighted by Crippen LogP contribution is -2.64. The van der Waals surface area contributed by atoms with Crippen LogP contribution in [0.2, 0.25) is 0 Å². The molecule has 4 fully saturated rings. The molecule has 0 aromatic carbocycles. The maximum Gasteiger partial charge on any atom is 0.268 e. The normalized spacial score (nSPS) is 31.9. The van der Waals surface area contributed by atoms with E-state index in [4.69, 9.17) is 4.74 Å². The van der Waals surface area contributed by atoms with E-state index >= 15 is 0 Å². The van der Waals surface area contributed by atoms with Gasteiger partial charge in [0.25, 0.3) is 5.91 Å². The van der Waals surface area contributed by atoms with Crippen molar-refractivity contribution in [2.45, 2.75) is 49.9 Å². The van der Waals surface area contributed by atoms with Gasteiger partial charge < -0.3 is 24.4 Å². The lowest BCUT2D eigenvalue weighted by atomic mass is 10.0. The molecular weight excluding hydrogens is 360 g/mol. The van der Waals surface area contributed by atoms with Gasteiger partial charge in [-0.1, -0.05) is 0 Å². The summed E-state index contributed by atoms with van der Waals surface area (Å²) in [6.07, 6.45) is 5.37. The minimum atomic E-state index is -0.602. The molecule has 1 saturated carbocycles. The summed E-state index contributed by atoms with van der Waals surface area (Å²) in [7, 11) is 1.81. The lowest BCUT2D eigenvalue weighted by molar-refractivity contribution is -0.157. The first kappa shape index (κ1) is 17.7. The molecule has 0 radical (unpaired) electrons. The second kappa shape index (κ2) is 6.62. The molecule has 0 bridgehead atoms. The van der Waals surface area contributed by atoms with Crippen LogP contribution in [0.3, 0.4) is 0 Å². The van der Waals surface area contributed by atoms with E-state index in [1.807, 2.05) is 19.3 Å². The number of carbonyl (C=O) groups is 3. The number of amides is 3. The number of aromatic nitrogens is 1. The van der Waals surface area contributed by atoms with Gasteiger partial charge in [-0.15, -0.1) is 0 Å². The minimum absolute atomic E-state index is 0.00209. The molecule has 0 unspecified atom stereocenters. The highest BCUT2D eigenvalue weighted by Crippen LogP contribution is 2.35. The molecule has 5 rings (SSSR count). The van der Waals surface area contributed by atoms with Crippen molar-refractivity contribution in [1.82, 2.24) is 19.7 Å². The third-order valence-corrected chi connectivity index (χ3v) is 6.52. The molecule has 4 heterocycles. The number of aryl methyl sites for hydroxylation is 1. The predicted octanol–water partition coefficient (Wildman–Crippen LogP) is 0.134. The molecule has 8 heteroatoms. The number of ether oxygens (including phenoxy) is 1. The first-order chi connectivity index (χ1) is 13.5. The Kier molecular flexibility index (Phi) is 4.19. The van der Waals surface area contributed by atoms with Crippen LogP contribution in [0.15, 0.2) is 18.3 Å². The Morgan fingerprint density at radius 3 is 2.75 bits per heavy atom. The fourth-order valence-electron chi connectivity index (χ4n) is 4.75. The molecule has 1 N–H and O–H groups in total. The number of fused-ring (bicyclic) bond motifs is 2. The van der Waals surface area contributed by atoms with Gasteiger partial charge in [-0.05, 0) is 37.3 Å². The van der Waals surface area contributed by atoms with Crippen LogP contribution < -0.4 is 5.32 Å². The third kappa shape index (κ3) is 2.90. The molecule has 28 heavy (non-hydrogen) atoms. The van der Waals surface area contributed by atoms with E-state index in [2.05, 4.69) is 5.32 Å². The number of nitrogens with zero attached hydrogens (tertiary/aromatic N) is 3. The van der Waals surface area contributed by atoms with Gasteiger partial charge in [-0.25, -0.2) is 0 Å². The first-order valence-corrected chi connectivity index (χ1v) is 10.2. The maximum absolute atomic E-state index is 13.2. The van der Waals surface area contributed by atoms with Crippen molar-refractivity contribution in [3.8, 4) is 0 Å². The van der Waals surface area contributed by atoms with Crippen LogP contribution in [0.1, 0.15) is 36.2 Å². The molecule has 4 aliphatic rings. The average molecular weight is 386 g/mol. The molecule has 3 aliphatic heterocycles. The van der Waals surface area contributed by atoms with Crippen LogP contribution in [-0.2, 0) is 21.4 Å². The van der Waals surface area contributed by atoms with E-state index in [9.17, 15) is 14.4 Å². The Morgan fingerprint density at radius 1 is 1.21 bits per heavy atom. The Bertz CT molecular complexity index is 817.